The van der Waals surface area contributed by atoms with Gasteiger partial charge in [0, 0.05) is 0 Å². The van der Waals surface area contributed by atoms with Crippen molar-refractivity contribution in [2.75, 3.05) is 0 Å². The maximum Gasteiger partial charge on any atom is 0.307 e. The van der Waals surface area contributed by atoms with Crippen molar-refractivity contribution in [3.63, 3.8) is 0 Å². The largest absolute Gasteiger partial charge is 0.481 e. The van der Waals surface area contributed by atoms with E-state index in [0.29, 0.717) is 6.61 Å². The monoisotopic (exact) mass is 480 g/mol. The molecule has 0 bridgehead atoms. The van der Waals surface area contributed by atoms with Crippen LogP contribution in [0.1, 0.15) is 31.9 Å². The van der Waals surface area contributed by atoms with Gasteiger partial charge in [-0.05, 0) is 37.7 Å². The Morgan fingerprint density at radius 2 is 1.29 bits per heavy atom. The molecule has 3 nitrogen and oxygen atoms in total. The smallest absolute Gasteiger partial charge is 0.307 e. The standard InChI is InChI=1S/C31H32O3Si/c1-31(2,3)35(27-15-9-5-10-16-27,28-17-11-6-12-18-28)34-23-26-21-24(22-30(32)33)19-20-29(26)25-13-7-4-8-14-25/h4-21H,22-23H2,1-3H3,(H,32,33). The number of carboxylic acid groups (broad SMARTS) is 1. The van der Waals surface area contributed by atoms with E-state index in [0.717, 1.165) is 22.3 Å². The summed E-state index contributed by atoms with van der Waals surface area (Å²) in [6, 6.07) is 37.3. The van der Waals surface area contributed by atoms with E-state index in [-0.39, 0.29) is 11.5 Å². The lowest BCUT2D eigenvalue weighted by Gasteiger charge is -2.43. The number of hydrogen-bond acceptors (Lipinski definition) is 2. The lowest BCUT2D eigenvalue weighted by atomic mass is 9.97. The van der Waals surface area contributed by atoms with E-state index >= 15 is 0 Å². The molecule has 0 heterocycles. The van der Waals surface area contributed by atoms with Gasteiger partial charge in [-0.1, -0.05) is 130 Å². The van der Waals surface area contributed by atoms with Crippen molar-refractivity contribution >= 4 is 24.7 Å². The second-order valence-electron chi connectivity index (χ2n) is 9.88. The molecule has 1 N–H and O–H groups in total. The molecule has 0 aliphatic heterocycles. The van der Waals surface area contributed by atoms with Gasteiger partial charge in [-0.15, -0.1) is 0 Å². The SMILES string of the molecule is CC(C)(C)[Si](OCc1cc(CC(=O)O)ccc1-c1ccccc1)(c1ccccc1)c1ccccc1. The van der Waals surface area contributed by atoms with Crippen LogP contribution in [0.4, 0.5) is 0 Å². The molecule has 0 aromatic heterocycles. The fraction of sp³-hybridized carbons (Fsp3) is 0.194. The lowest BCUT2D eigenvalue weighted by molar-refractivity contribution is -0.136. The second-order valence-corrected chi connectivity index (χ2v) is 14.2. The van der Waals surface area contributed by atoms with E-state index in [1.54, 1.807) is 0 Å². The molecule has 0 radical (unpaired) electrons. The molecule has 4 rings (SSSR count). The number of aliphatic carboxylic acids is 1. The maximum absolute atomic E-state index is 11.4. The molecule has 0 fully saturated rings. The highest BCUT2D eigenvalue weighted by atomic mass is 28.4. The zero-order valence-corrected chi connectivity index (χ0v) is 21.6. The fourth-order valence-corrected chi connectivity index (χ4v) is 9.43. The van der Waals surface area contributed by atoms with Gasteiger partial charge < -0.3 is 9.53 Å². The summed E-state index contributed by atoms with van der Waals surface area (Å²) in [5.41, 5.74) is 3.94. The molecule has 0 saturated carbocycles. The number of hydrogen-bond donors (Lipinski definition) is 1. The van der Waals surface area contributed by atoms with Crippen LogP contribution in [0.2, 0.25) is 5.04 Å². The van der Waals surface area contributed by atoms with Crippen LogP contribution in [0, 0.1) is 0 Å². The molecule has 0 atom stereocenters. The lowest BCUT2D eigenvalue weighted by Crippen LogP contribution is -2.66. The number of carbonyl (C=O) groups is 1. The van der Waals surface area contributed by atoms with Gasteiger partial charge in [-0.2, -0.15) is 0 Å². The van der Waals surface area contributed by atoms with Crippen molar-refractivity contribution in [3.8, 4) is 11.1 Å². The van der Waals surface area contributed by atoms with Crippen LogP contribution in [0.3, 0.4) is 0 Å². The van der Waals surface area contributed by atoms with Crippen LogP contribution in [0.15, 0.2) is 109 Å². The minimum Gasteiger partial charge on any atom is -0.481 e. The predicted octanol–water partition coefficient (Wildman–Crippen LogP) is 6.06. The summed E-state index contributed by atoms with van der Waals surface area (Å²) in [5, 5.41) is 11.7. The van der Waals surface area contributed by atoms with Gasteiger partial charge in [-0.25, -0.2) is 0 Å². The Hall–Kier alpha value is -3.47. The normalized spacial score (nSPS) is 11.9. The number of rotatable bonds is 8. The predicted molar refractivity (Wildman–Crippen MR) is 146 cm³/mol. The molecular weight excluding hydrogens is 448 g/mol. The van der Waals surface area contributed by atoms with Gasteiger partial charge >= 0.3 is 5.97 Å². The molecule has 4 heteroatoms. The topological polar surface area (TPSA) is 46.5 Å². The van der Waals surface area contributed by atoms with Gasteiger partial charge in [0.1, 0.15) is 0 Å². The highest BCUT2D eigenvalue weighted by molar-refractivity contribution is 6.99. The highest BCUT2D eigenvalue weighted by Gasteiger charge is 2.50. The molecule has 4 aromatic carbocycles. The van der Waals surface area contributed by atoms with Crippen molar-refractivity contribution in [1.82, 2.24) is 0 Å². The van der Waals surface area contributed by atoms with E-state index < -0.39 is 14.3 Å². The molecule has 0 unspecified atom stereocenters. The van der Waals surface area contributed by atoms with E-state index in [2.05, 4.69) is 81.4 Å². The third kappa shape index (κ3) is 5.29. The average molecular weight is 481 g/mol. The van der Waals surface area contributed by atoms with Crippen molar-refractivity contribution in [1.29, 1.82) is 0 Å². The van der Waals surface area contributed by atoms with Gasteiger partial charge in [0.05, 0.1) is 13.0 Å². The van der Waals surface area contributed by atoms with Gasteiger partial charge in [0.2, 0.25) is 0 Å². The van der Waals surface area contributed by atoms with Crippen molar-refractivity contribution < 1.29 is 14.3 Å². The van der Waals surface area contributed by atoms with E-state index in [9.17, 15) is 9.90 Å². The summed E-state index contributed by atoms with van der Waals surface area (Å²) in [4.78, 5) is 11.4. The van der Waals surface area contributed by atoms with Crippen LogP contribution in [-0.2, 0) is 22.2 Å². The average Bonchev–Trinajstić information content (AvgIpc) is 2.85. The first-order chi connectivity index (χ1) is 16.8. The summed E-state index contributed by atoms with van der Waals surface area (Å²) in [5.74, 6) is -0.837. The van der Waals surface area contributed by atoms with Gasteiger partial charge in [-0.3, -0.25) is 4.79 Å². The Bertz CT molecular complexity index is 1220. The zero-order chi connectivity index (χ0) is 24.9. The van der Waals surface area contributed by atoms with Crippen molar-refractivity contribution in [3.05, 3.63) is 120 Å². The van der Waals surface area contributed by atoms with Gasteiger partial charge in [0.25, 0.3) is 8.32 Å². The summed E-state index contributed by atoms with van der Waals surface area (Å²) in [7, 11) is -2.72. The Morgan fingerprint density at radius 3 is 1.77 bits per heavy atom. The molecule has 0 amide bonds. The molecule has 0 saturated heterocycles. The quantitative estimate of drug-likeness (QED) is 0.312. The zero-order valence-electron chi connectivity index (χ0n) is 20.6. The van der Waals surface area contributed by atoms with E-state index in [1.165, 1.54) is 10.4 Å². The summed E-state index contributed by atoms with van der Waals surface area (Å²) in [6.45, 7) is 7.18. The number of benzene rings is 4. The van der Waals surface area contributed by atoms with Crippen LogP contribution in [0.5, 0.6) is 0 Å². The third-order valence-electron chi connectivity index (χ3n) is 6.47. The first kappa shape index (κ1) is 24.6. The summed E-state index contributed by atoms with van der Waals surface area (Å²) in [6.07, 6.45) is -0.0126. The molecule has 35 heavy (non-hydrogen) atoms. The van der Waals surface area contributed by atoms with Crippen molar-refractivity contribution in [2.24, 2.45) is 0 Å². The second kappa shape index (κ2) is 10.4. The maximum atomic E-state index is 11.4. The Morgan fingerprint density at radius 1 is 0.771 bits per heavy atom. The van der Waals surface area contributed by atoms with Crippen LogP contribution < -0.4 is 10.4 Å². The first-order valence-electron chi connectivity index (χ1n) is 12.0. The van der Waals surface area contributed by atoms with E-state index in [4.69, 9.17) is 4.43 Å². The van der Waals surface area contributed by atoms with Crippen molar-refractivity contribution in [2.45, 2.75) is 38.8 Å². The summed E-state index contributed by atoms with van der Waals surface area (Å²) < 4.78 is 7.17. The Kier molecular flexibility index (Phi) is 7.34. The molecular formula is C31H32O3Si. The van der Waals surface area contributed by atoms with Gasteiger partial charge in [0.15, 0.2) is 0 Å². The highest BCUT2D eigenvalue weighted by Crippen LogP contribution is 2.38. The van der Waals surface area contributed by atoms with Crippen LogP contribution >= 0.6 is 0 Å². The summed E-state index contributed by atoms with van der Waals surface area (Å²) >= 11 is 0. The van der Waals surface area contributed by atoms with Crippen LogP contribution in [-0.4, -0.2) is 19.4 Å². The number of carboxylic acids is 1. The molecule has 0 aliphatic carbocycles. The first-order valence-corrected chi connectivity index (χ1v) is 13.9. The Labute approximate surface area is 209 Å². The Balaban J connectivity index is 1.84. The minimum atomic E-state index is -2.72. The fourth-order valence-electron chi connectivity index (χ4n) is 4.90. The third-order valence-corrected chi connectivity index (χ3v) is 11.5. The van der Waals surface area contributed by atoms with Crippen LogP contribution in [0.25, 0.3) is 11.1 Å². The molecule has 0 aliphatic rings. The van der Waals surface area contributed by atoms with E-state index in [1.807, 2.05) is 48.5 Å². The molecule has 0 spiro atoms. The molecule has 178 valence electrons. The minimum absolute atomic E-state index is 0.0126. The molecule has 4 aromatic rings.